The van der Waals surface area contributed by atoms with Gasteiger partial charge in [-0.15, -0.1) is 0 Å². The van der Waals surface area contributed by atoms with Crippen molar-refractivity contribution in [2.24, 2.45) is 5.92 Å². The summed E-state index contributed by atoms with van der Waals surface area (Å²) >= 11 is 0. The number of rotatable bonds is 2. The number of methoxy groups -OCH3 is 1. The average molecular weight is 288 g/mol. The second-order valence-electron chi connectivity index (χ2n) is 6.19. The van der Waals surface area contributed by atoms with Crippen LogP contribution in [0.15, 0.2) is 24.3 Å². The van der Waals surface area contributed by atoms with Gasteiger partial charge < -0.3 is 14.2 Å². The van der Waals surface area contributed by atoms with Crippen molar-refractivity contribution in [3.05, 3.63) is 35.4 Å². The molecule has 0 spiro atoms. The fourth-order valence-corrected chi connectivity index (χ4v) is 3.96. The zero-order valence-corrected chi connectivity index (χ0v) is 12.2. The van der Waals surface area contributed by atoms with E-state index in [2.05, 4.69) is 0 Å². The molecule has 0 N–H and O–H groups in total. The summed E-state index contributed by atoms with van der Waals surface area (Å²) in [5.74, 6) is -0.775. The second-order valence-corrected chi connectivity index (χ2v) is 6.19. The van der Waals surface area contributed by atoms with E-state index < -0.39 is 12.1 Å². The van der Waals surface area contributed by atoms with Crippen molar-refractivity contribution < 1.29 is 19.0 Å². The molecule has 1 aliphatic carbocycles. The van der Waals surface area contributed by atoms with Gasteiger partial charge in [-0.25, -0.2) is 0 Å². The predicted octanol–water partition coefficient (Wildman–Crippen LogP) is 3.00. The third-order valence-electron chi connectivity index (χ3n) is 5.04. The van der Waals surface area contributed by atoms with E-state index in [1.807, 2.05) is 24.3 Å². The van der Waals surface area contributed by atoms with Crippen LogP contribution in [0.4, 0.5) is 0 Å². The Labute approximate surface area is 124 Å². The molecule has 4 rings (SSSR count). The van der Waals surface area contributed by atoms with Crippen LogP contribution in [0.1, 0.15) is 48.0 Å². The van der Waals surface area contributed by atoms with Crippen molar-refractivity contribution >= 4 is 5.78 Å². The molecule has 3 aliphatic rings. The van der Waals surface area contributed by atoms with E-state index in [-0.39, 0.29) is 11.9 Å². The SMILES string of the molecule is CO[C@]12O[C@H](C(=O)c3ccccc31)[C@@H](C1CCCCC1)O2. The molecule has 0 aromatic heterocycles. The Hall–Kier alpha value is -1.23. The number of hydrogen-bond acceptors (Lipinski definition) is 4. The monoisotopic (exact) mass is 288 g/mol. The summed E-state index contributed by atoms with van der Waals surface area (Å²) in [6, 6.07) is 7.46. The van der Waals surface area contributed by atoms with Crippen LogP contribution in [0.25, 0.3) is 0 Å². The smallest absolute Gasteiger partial charge is 0.313 e. The fraction of sp³-hybridized carbons (Fsp3) is 0.588. The van der Waals surface area contributed by atoms with Crippen LogP contribution < -0.4 is 0 Å². The van der Waals surface area contributed by atoms with E-state index >= 15 is 0 Å². The maximum atomic E-state index is 12.7. The van der Waals surface area contributed by atoms with Crippen molar-refractivity contribution in [2.75, 3.05) is 7.11 Å². The minimum Gasteiger partial charge on any atom is -0.327 e. The first-order valence-electron chi connectivity index (χ1n) is 7.80. The summed E-state index contributed by atoms with van der Waals surface area (Å²) in [6.07, 6.45) is 5.19. The standard InChI is InChI=1S/C17H20O4/c1-19-17-13-10-6-5-9-12(13)14(18)16(21-17)15(20-17)11-7-3-2-4-8-11/h5-6,9-11,15-16H,2-4,7-8H2,1H3/t15-,16-,17-/m1/s1. The number of fused-ring (bicyclic) bond motifs is 4. The first-order valence-corrected chi connectivity index (χ1v) is 7.80. The molecule has 3 atom stereocenters. The largest absolute Gasteiger partial charge is 0.327 e. The number of ketones is 1. The van der Waals surface area contributed by atoms with Crippen LogP contribution >= 0.6 is 0 Å². The summed E-state index contributed by atoms with van der Waals surface area (Å²) in [5.41, 5.74) is 1.38. The average Bonchev–Trinajstić information content (AvgIpc) is 2.92. The highest BCUT2D eigenvalue weighted by Crippen LogP contribution is 2.48. The maximum Gasteiger partial charge on any atom is 0.313 e. The van der Waals surface area contributed by atoms with Crippen molar-refractivity contribution in [1.82, 2.24) is 0 Å². The number of benzene rings is 1. The summed E-state index contributed by atoms with van der Waals surface area (Å²) in [7, 11) is 1.58. The highest BCUT2D eigenvalue weighted by molar-refractivity contribution is 6.02. The zero-order valence-electron chi connectivity index (χ0n) is 12.2. The Morgan fingerprint density at radius 2 is 1.90 bits per heavy atom. The number of ether oxygens (including phenoxy) is 3. The molecule has 1 aromatic rings. The number of carbonyl (C=O) groups is 1. The maximum absolute atomic E-state index is 12.7. The van der Waals surface area contributed by atoms with Crippen LogP contribution in [-0.4, -0.2) is 25.1 Å². The molecule has 112 valence electrons. The highest BCUT2D eigenvalue weighted by atomic mass is 16.9. The van der Waals surface area contributed by atoms with E-state index in [9.17, 15) is 4.79 Å². The predicted molar refractivity (Wildman–Crippen MR) is 75.8 cm³/mol. The lowest BCUT2D eigenvalue weighted by atomic mass is 9.81. The van der Waals surface area contributed by atoms with Crippen LogP contribution in [-0.2, 0) is 20.2 Å². The summed E-state index contributed by atoms with van der Waals surface area (Å²) in [5, 5.41) is 0. The Balaban J connectivity index is 1.74. The molecule has 1 saturated carbocycles. The minimum absolute atomic E-state index is 0.0337. The lowest BCUT2D eigenvalue weighted by molar-refractivity contribution is -0.345. The van der Waals surface area contributed by atoms with Gasteiger partial charge in [-0.05, 0) is 18.8 Å². The van der Waals surface area contributed by atoms with Gasteiger partial charge in [0.05, 0.1) is 5.56 Å². The van der Waals surface area contributed by atoms with Crippen LogP contribution in [0.3, 0.4) is 0 Å². The van der Waals surface area contributed by atoms with Crippen molar-refractivity contribution in [2.45, 2.75) is 50.3 Å². The molecule has 1 saturated heterocycles. The molecule has 0 radical (unpaired) electrons. The van der Waals surface area contributed by atoms with Gasteiger partial charge in [0.2, 0.25) is 0 Å². The minimum atomic E-state index is -1.20. The molecule has 2 heterocycles. The Morgan fingerprint density at radius 1 is 1.14 bits per heavy atom. The molecule has 2 aliphatic heterocycles. The first kappa shape index (κ1) is 13.4. The zero-order chi connectivity index (χ0) is 14.4. The van der Waals surface area contributed by atoms with Gasteiger partial charge in [0.15, 0.2) is 11.9 Å². The van der Waals surface area contributed by atoms with Gasteiger partial charge in [-0.2, -0.15) is 0 Å². The lowest BCUT2D eigenvalue weighted by Crippen LogP contribution is -2.40. The number of hydrogen-bond donors (Lipinski definition) is 0. The van der Waals surface area contributed by atoms with Crippen molar-refractivity contribution in [3.8, 4) is 0 Å². The fourth-order valence-electron chi connectivity index (χ4n) is 3.96. The van der Waals surface area contributed by atoms with Crippen molar-refractivity contribution in [1.29, 1.82) is 0 Å². The van der Waals surface area contributed by atoms with Crippen LogP contribution in [0.5, 0.6) is 0 Å². The topological polar surface area (TPSA) is 44.8 Å². The summed E-state index contributed by atoms with van der Waals surface area (Å²) in [4.78, 5) is 12.7. The van der Waals surface area contributed by atoms with E-state index in [1.165, 1.54) is 19.3 Å². The molecule has 2 fully saturated rings. The Bertz CT molecular complexity index is 564. The molecule has 2 bridgehead atoms. The Kier molecular flexibility index (Phi) is 3.14. The van der Waals surface area contributed by atoms with Crippen LogP contribution in [0.2, 0.25) is 0 Å². The third-order valence-corrected chi connectivity index (χ3v) is 5.04. The van der Waals surface area contributed by atoms with Crippen molar-refractivity contribution in [3.63, 3.8) is 0 Å². The van der Waals surface area contributed by atoms with Gasteiger partial charge in [0.25, 0.3) is 0 Å². The van der Waals surface area contributed by atoms with E-state index in [0.29, 0.717) is 17.0 Å². The molecule has 0 unspecified atom stereocenters. The van der Waals surface area contributed by atoms with Gasteiger partial charge >= 0.3 is 5.97 Å². The normalized spacial score (nSPS) is 35.8. The van der Waals surface area contributed by atoms with Gasteiger partial charge in [-0.1, -0.05) is 43.5 Å². The molecule has 1 aromatic carbocycles. The highest BCUT2D eigenvalue weighted by Gasteiger charge is 2.59. The molecular weight excluding hydrogens is 268 g/mol. The van der Waals surface area contributed by atoms with E-state index in [0.717, 1.165) is 12.8 Å². The Morgan fingerprint density at radius 3 is 2.67 bits per heavy atom. The lowest BCUT2D eigenvalue weighted by Gasteiger charge is -2.30. The molecule has 0 amide bonds. The number of carbonyl (C=O) groups excluding carboxylic acids is 1. The molecule has 4 heteroatoms. The van der Waals surface area contributed by atoms with E-state index in [4.69, 9.17) is 14.2 Å². The van der Waals surface area contributed by atoms with Crippen LogP contribution in [0, 0.1) is 5.92 Å². The van der Waals surface area contributed by atoms with Gasteiger partial charge in [-0.3, -0.25) is 4.79 Å². The molecule has 4 nitrogen and oxygen atoms in total. The molecular formula is C17H20O4. The first-order chi connectivity index (χ1) is 10.2. The van der Waals surface area contributed by atoms with Gasteiger partial charge in [0.1, 0.15) is 6.10 Å². The van der Waals surface area contributed by atoms with Gasteiger partial charge in [0, 0.05) is 12.7 Å². The summed E-state index contributed by atoms with van der Waals surface area (Å²) < 4.78 is 17.7. The molecule has 21 heavy (non-hydrogen) atoms. The second kappa shape index (κ2) is 4.90. The van der Waals surface area contributed by atoms with E-state index in [1.54, 1.807) is 7.11 Å². The quantitative estimate of drug-likeness (QED) is 0.839. The number of Topliss-reactive ketones (excluding diaryl/α,β-unsaturated/α-hetero) is 1. The summed E-state index contributed by atoms with van der Waals surface area (Å²) in [6.45, 7) is 0. The third kappa shape index (κ3) is 1.90.